The second-order valence-electron chi connectivity index (χ2n) is 6.61. The van der Waals surface area contributed by atoms with Crippen LogP contribution < -0.4 is 14.4 Å². The fraction of sp³-hybridized carbons (Fsp3) is 0.227. The van der Waals surface area contributed by atoms with Gasteiger partial charge in [-0.1, -0.05) is 11.6 Å². The molecule has 0 aliphatic carbocycles. The SMILES string of the molecule is COC(=O)CN1C(=S)N(c2ccc(Cl)cc2)C(=O)/C1=C/c1ccc(OC)c(C)c1OC. The normalized spacial score (nSPS) is 14.9. The number of hydrogen-bond donors (Lipinski definition) is 0. The first kappa shape index (κ1) is 22.6. The van der Waals surface area contributed by atoms with Crippen molar-refractivity contribution in [1.29, 1.82) is 0 Å². The van der Waals surface area contributed by atoms with Gasteiger partial charge >= 0.3 is 5.97 Å². The summed E-state index contributed by atoms with van der Waals surface area (Å²) in [5.41, 5.74) is 2.17. The van der Waals surface area contributed by atoms with Gasteiger partial charge in [-0.25, -0.2) is 0 Å². The number of ether oxygens (including phenoxy) is 3. The predicted molar refractivity (Wildman–Crippen MR) is 123 cm³/mol. The second kappa shape index (κ2) is 9.36. The van der Waals surface area contributed by atoms with Gasteiger partial charge in [-0.2, -0.15) is 0 Å². The van der Waals surface area contributed by atoms with E-state index in [4.69, 9.17) is 38.0 Å². The topological polar surface area (TPSA) is 68.3 Å². The summed E-state index contributed by atoms with van der Waals surface area (Å²) >= 11 is 11.5. The highest BCUT2D eigenvalue weighted by Gasteiger charge is 2.40. The lowest BCUT2D eigenvalue weighted by Gasteiger charge is -2.19. The number of rotatable bonds is 6. The van der Waals surface area contributed by atoms with Gasteiger partial charge in [0.15, 0.2) is 5.11 Å². The van der Waals surface area contributed by atoms with Crippen molar-refractivity contribution in [2.75, 3.05) is 32.8 Å². The van der Waals surface area contributed by atoms with E-state index in [2.05, 4.69) is 0 Å². The van der Waals surface area contributed by atoms with Crippen LogP contribution in [0.15, 0.2) is 42.1 Å². The number of carbonyl (C=O) groups is 2. The number of amides is 1. The summed E-state index contributed by atoms with van der Waals surface area (Å²) in [6, 6.07) is 10.2. The van der Waals surface area contributed by atoms with E-state index in [0.717, 1.165) is 5.56 Å². The predicted octanol–water partition coefficient (Wildman–Crippen LogP) is 3.81. The van der Waals surface area contributed by atoms with Crippen molar-refractivity contribution in [3.63, 3.8) is 0 Å². The Kier molecular flexibility index (Phi) is 6.82. The van der Waals surface area contributed by atoms with Crippen LogP contribution in [0.4, 0.5) is 5.69 Å². The molecule has 2 aromatic carbocycles. The van der Waals surface area contributed by atoms with Crippen molar-refractivity contribution in [3.8, 4) is 11.5 Å². The van der Waals surface area contributed by atoms with Crippen LogP contribution >= 0.6 is 23.8 Å². The molecule has 1 heterocycles. The Morgan fingerprint density at radius 3 is 2.35 bits per heavy atom. The third-order valence-corrected chi connectivity index (χ3v) is 5.49. The van der Waals surface area contributed by atoms with Crippen LogP contribution in [0.25, 0.3) is 6.08 Å². The molecule has 2 aromatic rings. The average Bonchev–Trinajstić information content (AvgIpc) is 2.98. The monoisotopic (exact) mass is 460 g/mol. The summed E-state index contributed by atoms with van der Waals surface area (Å²) < 4.78 is 15.7. The summed E-state index contributed by atoms with van der Waals surface area (Å²) in [6.45, 7) is 1.64. The van der Waals surface area contributed by atoms with Crippen LogP contribution in [0.1, 0.15) is 11.1 Å². The largest absolute Gasteiger partial charge is 0.496 e. The van der Waals surface area contributed by atoms with Gasteiger partial charge in [-0.3, -0.25) is 14.5 Å². The number of methoxy groups -OCH3 is 3. The third kappa shape index (κ3) is 4.35. The maximum atomic E-state index is 13.4. The van der Waals surface area contributed by atoms with Crippen LogP contribution in [0.2, 0.25) is 5.02 Å². The number of carbonyl (C=O) groups excluding carboxylic acids is 2. The lowest BCUT2D eigenvalue weighted by molar-refractivity contribution is -0.140. The van der Waals surface area contributed by atoms with Crippen LogP contribution in [-0.2, 0) is 14.3 Å². The van der Waals surface area contributed by atoms with Crippen LogP contribution in [-0.4, -0.2) is 49.8 Å². The molecule has 1 aliphatic rings. The molecule has 0 radical (unpaired) electrons. The third-order valence-electron chi connectivity index (χ3n) is 4.84. The minimum absolute atomic E-state index is 0.160. The molecule has 1 amide bonds. The number of benzene rings is 2. The second-order valence-corrected chi connectivity index (χ2v) is 7.41. The lowest BCUT2D eigenvalue weighted by Crippen LogP contribution is -2.35. The van der Waals surface area contributed by atoms with E-state index >= 15 is 0 Å². The van der Waals surface area contributed by atoms with Crippen molar-refractivity contribution in [2.45, 2.75) is 6.92 Å². The van der Waals surface area contributed by atoms with E-state index in [0.29, 0.717) is 27.8 Å². The van der Waals surface area contributed by atoms with Crippen molar-refractivity contribution in [3.05, 3.63) is 58.2 Å². The smallest absolute Gasteiger partial charge is 0.325 e. The Bertz CT molecular complexity index is 1070. The maximum Gasteiger partial charge on any atom is 0.325 e. The first-order chi connectivity index (χ1) is 14.8. The molecule has 9 heteroatoms. The minimum Gasteiger partial charge on any atom is -0.496 e. The molecule has 7 nitrogen and oxygen atoms in total. The highest BCUT2D eigenvalue weighted by molar-refractivity contribution is 7.80. The van der Waals surface area contributed by atoms with Gasteiger partial charge < -0.3 is 19.1 Å². The van der Waals surface area contributed by atoms with Gasteiger partial charge in [0.1, 0.15) is 23.7 Å². The molecule has 1 aliphatic heterocycles. The van der Waals surface area contributed by atoms with Gasteiger partial charge in [-0.15, -0.1) is 0 Å². The zero-order valence-electron chi connectivity index (χ0n) is 17.5. The summed E-state index contributed by atoms with van der Waals surface area (Å²) in [5.74, 6) is 0.290. The number of anilines is 1. The van der Waals surface area contributed by atoms with E-state index in [1.165, 1.54) is 24.0 Å². The molecule has 0 aromatic heterocycles. The highest BCUT2D eigenvalue weighted by Crippen LogP contribution is 2.35. The van der Waals surface area contributed by atoms with Gasteiger partial charge in [0.05, 0.1) is 27.0 Å². The molecular weight excluding hydrogens is 440 g/mol. The molecule has 0 N–H and O–H groups in total. The summed E-state index contributed by atoms with van der Waals surface area (Å²) in [5, 5.41) is 0.690. The summed E-state index contributed by atoms with van der Waals surface area (Å²) in [6.07, 6.45) is 1.64. The van der Waals surface area contributed by atoms with E-state index < -0.39 is 5.97 Å². The number of hydrogen-bond acceptors (Lipinski definition) is 6. The van der Waals surface area contributed by atoms with Gasteiger partial charge in [0, 0.05) is 16.1 Å². The molecule has 0 atom stereocenters. The molecular formula is C22H21ClN2O5S. The zero-order valence-corrected chi connectivity index (χ0v) is 19.0. The van der Waals surface area contributed by atoms with Gasteiger partial charge in [0.25, 0.3) is 5.91 Å². The number of esters is 1. The van der Waals surface area contributed by atoms with E-state index in [-0.39, 0.29) is 23.3 Å². The Morgan fingerprint density at radius 1 is 1.10 bits per heavy atom. The van der Waals surface area contributed by atoms with Crippen molar-refractivity contribution < 1.29 is 23.8 Å². The molecule has 1 fully saturated rings. The van der Waals surface area contributed by atoms with Crippen LogP contribution in [0.5, 0.6) is 11.5 Å². The molecule has 0 saturated carbocycles. The Labute approximate surface area is 190 Å². The standard InChI is InChI=1S/C22H21ClN2O5S/c1-13-18(28-2)10-5-14(20(13)30-4)11-17-21(27)25(16-8-6-15(23)7-9-16)22(31)24(17)12-19(26)29-3/h5-11H,12H2,1-4H3/b17-11-. The molecule has 3 rings (SSSR count). The van der Waals surface area contributed by atoms with Crippen molar-refractivity contribution in [2.24, 2.45) is 0 Å². The lowest BCUT2D eigenvalue weighted by atomic mass is 10.1. The van der Waals surface area contributed by atoms with E-state index in [1.807, 2.05) is 6.92 Å². The van der Waals surface area contributed by atoms with Gasteiger partial charge in [-0.05, 0) is 61.6 Å². The van der Waals surface area contributed by atoms with Crippen LogP contribution in [0, 0.1) is 6.92 Å². The highest BCUT2D eigenvalue weighted by atomic mass is 35.5. The number of thiocarbonyl (C=S) groups is 1. The Morgan fingerprint density at radius 2 is 1.77 bits per heavy atom. The molecule has 1 saturated heterocycles. The Hall–Kier alpha value is -3.10. The van der Waals surface area contributed by atoms with Crippen LogP contribution in [0.3, 0.4) is 0 Å². The van der Waals surface area contributed by atoms with E-state index in [9.17, 15) is 9.59 Å². The fourth-order valence-electron chi connectivity index (χ4n) is 3.29. The maximum absolute atomic E-state index is 13.4. The van der Waals surface area contributed by atoms with Gasteiger partial charge in [0.2, 0.25) is 0 Å². The quantitative estimate of drug-likeness (QED) is 0.369. The molecule has 162 valence electrons. The molecule has 0 spiro atoms. The number of nitrogens with zero attached hydrogens (tertiary/aromatic N) is 2. The first-order valence-electron chi connectivity index (χ1n) is 9.24. The Balaban J connectivity index is 2.12. The summed E-state index contributed by atoms with van der Waals surface area (Å²) in [4.78, 5) is 28.2. The average molecular weight is 461 g/mol. The minimum atomic E-state index is -0.531. The van der Waals surface area contributed by atoms with E-state index in [1.54, 1.807) is 49.6 Å². The van der Waals surface area contributed by atoms with Crippen molar-refractivity contribution >= 4 is 52.6 Å². The first-order valence-corrected chi connectivity index (χ1v) is 10.0. The number of halogens is 1. The molecule has 0 unspecified atom stereocenters. The van der Waals surface area contributed by atoms with Crippen molar-refractivity contribution in [1.82, 2.24) is 4.90 Å². The fourth-order valence-corrected chi connectivity index (χ4v) is 3.77. The molecule has 31 heavy (non-hydrogen) atoms. The zero-order chi connectivity index (χ0) is 22.7. The molecule has 0 bridgehead atoms. The summed E-state index contributed by atoms with van der Waals surface area (Å²) in [7, 11) is 4.39.